The van der Waals surface area contributed by atoms with E-state index in [9.17, 15) is 23.1 Å². The average molecular weight is 333 g/mol. The van der Waals surface area contributed by atoms with Crippen LogP contribution in [-0.2, 0) is 20.4 Å². The molecule has 0 bridgehead atoms. The summed E-state index contributed by atoms with van der Waals surface area (Å²) < 4.78 is 49.4. The number of halogens is 3. The van der Waals surface area contributed by atoms with Gasteiger partial charge in [-0.3, -0.25) is 4.79 Å². The number of benzene rings is 1. The molecule has 1 unspecified atom stereocenters. The van der Waals surface area contributed by atoms with Crippen molar-refractivity contribution in [2.45, 2.75) is 30.8 Å². The van der Waals surface area contributed by atoms with E-state index in [0.29, 0.717) is 13.0 Å². The minimum Gasteiger partial charge on any atom is -0.391 e. The normalized spacial score (nSPS) is 23.3. The number of hydrogen-bond acceptors (Lipinski definition) is 4. The molecule has 1 aromatic carbocycles. The molecule has 23 heavy (non-hydrogen) atoms. The standard InChI is InChI=1S/C15H18F3NO4/c1-22-13(9-4-2-3-5-10(9)15(16,17)18)14(21)19-11-8-23-7-6-12(11)20/h2-5,11-13,20H,6-8H2,1H3,(H,19,21)/t11-,12-,13?/m1/s1. The lowest BCUT2D eigenvalue weighted by molar-refractivity contribution is -0.142. The van der Waals surface area contributed by atoms with Gasteiger partial charge < -0.3 is 19.9 Å². The fraction of sp³-hybridized carbons (Fsp3) is 0.533. The van der Waals surface area contributed by atoms with E-state index in [2.05, 4.69) is 5.32 Å². The predicted octanol–water partition coefficient (Wildman–Crippen LogP) is 1.66. The van der Waals surface area contributed by atoms with E-state index in [1.54, 1.807) is 0 Å². The van der Waals surface area contributed by atoms with Gasteiger partial charge in [0.05, 0.1) is 24.3 Å². The van der Waals surface area contributed by atoms with Crippen LogP contribution >= 0.6 is 0 Å². The largest absolute Gasteiger partial charge is 0.416 e. The highest BCUT2D eigenvalue weighted by molar-refractivity contribution is 5.83. The number of amides is 1. The molecule has 0 aliphatic carbocycles. The number of alkyl halides is 3. The lowest BCUT2D eigenvalue weighted by atomic mass is 10.00. The number of ether oxygens (including phenoxy) is 2. The van der Waals surface area contributed by atoms with Crippen molar-refractivity contribution in [3.8, 4) is 0 Å². The average Bonchev–Trinajstić information content (AvgIpc) is 2.50. The summed E-state index contributed by atoms with van der Waals surface area (Å²) in [6.45, 7) is 0.475. The summed E-state index contributed by atoms with van der Waals surface area (Å²) in [5.74, 6) is -0.751. The summed E-state index contributed by atoms with van der Waals surface area (Å²) in [5, 5.41) is 12.3. The Morgan fingerprint density at radius 3 is 2.74 bits per heavy atom. The molecular formula is C15H18F3NO4. The molecule has 1 fully saturated rings. The van der Waals surface area contributed by atoms with Crippen LogP contribution in [0.25, 0.3) is 0 Å². The summed E-state index contributed by atoms with van der Waals surface area (Å²) in [4.78, 5) is 12.3. The third kappa shape index (κ3) is 4.21. The van der Waals surface area contributed by atoms with Gasteiger partial charge >= 0.3 is 6.18 Å². The number of rotatable bonds is 4. The number of nitrogens with one attached hydrogen (secondary N) is 1. The van der Waals surface area contributed by atoms with E-state index in [1.807, 2.05) is 0 Å². The Labute approximate surface area is 131 Å². The highest BCUT2D eigenvalue weighted by atomic mass is 19.4. The molecule has 0 saturated carbocycles. The highest BCUT2D eigenvalue weighted by Crippen LogP contribution is 2.35. The van der Waals surface area contributed by atoms with Crippen LogP contribution in [0.5, 0.6) is 0 Å². The Balaban J connectivity index is 2.21. The molecule has 2 rings (SSSR count). The van der Waals surface area contributed by atoms with Crippen LogP contribution in [0.15, 0.2) is 24.3 Å². The lowest BCUT2D eigenvalue weighted by Gasteiger charge is -2.30. The minimum absolute atomic E-state index is 0.101. The zero-order chi connectivity index (χ0) is 17.0. The van der Waals surface area contributed by atoms with E-state index in [0.717, 1.165) is 13.2 Å². The molecule has 1 amide bonds. The minimum atomic E-state index is -4.60. The van der Waals surface area contributed by atoms with Crippen molar-refractivity contribution in [3.05, 3.63) is 35.4 Å². The van der Waals surface area contributed by atoms with Gasteiger partial charge in [0, 0.05) is 19.3 Å². The topological polar surface area (TPSA) is 67.8 Å². The molecule has 0 spiro atoms. The molecule has 3 atom stereocenters. The van der Waals surface area contributed by atoms with Gasteiger partial charge in [-0.2, -0.15) is 13.2 Å². The summed E-state index contributed by atoms with van der Waals surface area (Å²) in [6, 6.07) is 4.07. The van der Waals surface area contributed by atoms with E-state index in [4.69, 9.17) is 9.47 Å². The van der Waals surface area contributed by atoms with Crippen LogP contribution in [0.2, 0.25) is 0 Å². The van der Waals surface area contributed by atoms with Crippen molar-refractivity contribution in [1.82, 2.24) is 5.32 Å². The summed E-state index contributed by atoms with van der Waals surface area (Å²) >= 11 is 0. The zero-order valence-corrected chi connectivity index (χ0v) is 12.5. The summed E-state index contributed by atoms with van der Waals surface area (Å²) in [7, 11) is 1.16. The van der Waals surface area contributed by atoms with Crippen LogP contribution in [0.4, 0.5) is 13.2 Å². The van der Waals surface area contributed by atoms with Gasteiger partial charge in [0.1, 0.15) is 0 Å². The number of methoxy groups -OCH3 is 1. The number of hydrogen-bond donors (Lipinski definition) is 2. The zero-order valence-electron chi connectivity index (χ0n) is 12.5. The van der Waals surface area contributed by atoms with Gasteiger partial charge in [-0.05, 0) is 12.5 Å². The molecule has 0 radical (unpaired) electrons. The maximum absolute atomic E-state index is 13.1. The third-order valence-electron chi connectivity index (χ3n) is 3.67. The fourth-order valence-electron chi connectivity index (χ4n) is 2.48. The number of aliphatic hydroxyl groups excluding tert-OH is 1. The molecule has 1 aliphatic rings. The van der Waals surface area contributed by atoms with Crippen molar-refractivity contribution in [3.63, 3.8) is 0 Å². The molecule has 128 valence electrons. The molecule has 1 aliphatic heterocycles. The first kappa shape index (κ1) is 17.7. The first-order valence-corrected chi connectivity index (χ1v) is 7.09. The van der Waals surface area contributed by atoms with Crippen LogP contribution in [0, 0.1) is 0 Å². The van der Waals surface area contributed by atoms with Crippen molar-refractivity contribution in [2.24, 2.45) is 0 Å². The molecule has 1 saturated heterocycles. The van der Waals surface area contributed by atoms with Gasteiger partial charge in [-0.15, -0.1) is 0 Å². The van der Waals surface area contributed by atoms with E-state index in [-0.39, 0.29) is 12.2 Å². The quantitative estimate of drug-likeness (QED) is 0.879. The Hall–Kier alpha value is -1.64. The first-order chi connectivity index (χ1) is 10.8. The van der Waals surface area contributed by atoms with Gasteiger partial charge in [0.25, 0.3) is 5.91 Å². The number of carbonyl (C=O) groups excluding carboxylic acids is 1. The second-order valence-electron chi connectivity index (χ2n) is 5.25. The Morgan fingerprint density at radius 2 is 2.13 bits per heavy atom. The number of aliphatic hydroxyl groups is 1. The first-order valence-electron chi connectivity index (χ1n) is 7.09. The van der Waals surface area contributed by atoms with Crippen molar-refractivity contribution in [1.29, 1.82) is 0 Å². The predicted molar refractivity (Wildman–Crippen MR) is 74.6 cm³/mol. The second kappa shape index (κ2) is 7.29. The second-order valence-corrected chi connectivity index (χ2v) is 5.25. The smallest absolute Gasteiger partial charge is 0.391 e. The molecule has 1 heterocycles. The molecule has 5 nitrogen and oxygen atoms in total. The molecule has 8 heteroatoms. The maximum Gasteiger partial charge on any atom is 0.416 e. The van der Waals surface area contributed by atoms with E-state index < -0.39 is 35.9 Å². The van der Waals surface area contributed by atoms with E-state index in [1.165, 1.54) is 18.2 Å². The fourth-order valence-corrected chi connectivity index (χ4v) is 2.48. The molecule has 2 N–H and O–H groups in total. The third-order valence-corrected chi connectivity index (χ3v) is 3.67. The summed E-state index contributed by atoms with van der Waals surface area (Å²) in [5.41, 5.74) is -1.20. The van der Waals surface area contributed by atoms with Crippen LogP contribution in [-0.4, -0.2) is 43.5 Å². The van der Waals surface area contributed by atoms with Crippen molar-refractivity contribution < 1.29 is 32.5 Å². The Kier molecular flexibility index (Phi) is 5.61. The highest BCUT2D eigenvalue weighted by Gasteiger charge is 2.37. The maximum atomic E-state index is 13.1. The number of carbonyl (C=O) groups is 1. The van der Waals surface area contributed by atoms with Crippen LogP contribution in [0.3, 0.4) is 0 Å². The Morgan fingerprint density at radius 1 is 1.43 bits per heavy atom. The van der Waals surface area contributed by atoms with Gasteiger partial charge in [0.2, 0.25) is 0 Å². The van der Waals surface area contributed by atoms with Gasteiger partial charge in [0.15, 0.2) is 6.10 Å². The molecule has 1 aromatic rings. The van der Waals surface area contributed by atoms with Crippen molar-refractivity contribution >= 4 is 5.91 Å². The van der Waals surface area contributed by atoms with Crippen molar-refractivity contribution in [2.75, 3.05) is 20.3 Å². The monoisotopic (exact) mass is 333 g/mol. The SMILES string of the molecule is COC(C(=O)N[C@@H]1COCC[C@H]1O)c1ccccc1C(F)(F)F. The van der Waals surface area contributed by atoms with Gasteiger partial charge in [-0.1, -0.05) is 18.2 Å². The molecule has 0 aromatic heterocycles. The van der Waals surface area contributed by atoms with Gasteiger partial charge in [-0.25, -0.2) is 0 Å². The van der Waals surface area contributed by atoms with Crippen LogP contribution in [0.1, 0.15) is 23.7 Å². The summed E-state index contributed by atoms with van der Waals surface area (Å²) in [6.07, 6.45) is -6.48. The molecular weight excluding hydrogens is 315 g/mol. The van der Waals surface area contributed by atoms with Crippen LogP contribution < -0.4 is 5.32 Å². The Bertz CT molecular complexity index is 550. The van der Waals surface area contributed by atoms with E-state index >= 15 is 0 Å². The lowest BCUT2D eigenvalue weighted by Crippen LogP contribution is -2.51.